The van der Waals surface area contributed by atoms with E-state index in [-0.39, 0.29) is 5.82 Å². The topological polar surface area (TPSA) is 12.0 Å². The van der Waals surface area contributed by atoms with Gasteiger partial charge >= 0.3 is 0 Å². The molecule has 1 aromatic rings. The van der Waals surface area contributed by atoms with E-state index in [1.54, 1.807) is 6.07 Å². The number of nitrogens with one attached hydrogen (secondary N) is 1. The fraction of sp³-hybridized carbons (Fsp3) is 0.538. The zero-order valence-corrected chi connectivity index (χ0v) is 9.39. The van der Waals surface area contributed by atoms with E-state index in [9.17, 15) is 4.39 Å². The Hall–Kier alpha value is -0.890. The highest BCUT2D eigenvalue weighted by Gasteiger charge is 2.31. The van der Waals surface area contributed by atoms with Gasteiger partial charge in [0.1, 0.15) is 5.82 Å². The van der Waals surface area contributed by atoms with Gasteiger partial charge in [0.25, 0.3) is 0 Å². The van der Waals surface area contributed by atoms with Gasteiger partial charge in [0, 0.05) is 6.04 Å². The Kier molecular flexibility index (Phi) is 3.06. The van der Waals surface area contributed by atoms with Gasteiger partial charge in [-0.05, 0) is 49.4 Å². The molecule has 0 heterocycles. The van der Waals surface area contributed by atoms with E-state index in [1.807, 2.05) is 19.1 Å². The smallest absolute Gasteiger partial charge is 0.126 e. The van der Waals surface area contributed by atoms with Crippen molar-refractivity contribution in [3.05, 3.63) is 35.1 Å². The van der Waals surface area contributed by atoms with E-state index in [4.69, 9.17) is 0 Å². The van der Waals surface area contributed by atoms with Crippen molar-refractivity contribution in [2.24, 2.45) is 5.92 Å². The Morgan fingerprint density at radius 1 is 1.47 bits per heavy atom. The van der Waals surface area contributed by atoms with Crippen molar-refractivity contribution >= 4 is 0 Å². The molecule has 0 spiro atoms. The normalized spacial score (nSPS) is 17.8. The predicted molar refractivity (Wildman–Crippen MR) is 60.3 cm³/mol. The Bertz CT molecular complexity index is 344. The number of hydrogen-bond acceptors (Lipinski definition) is 1. The first-order valence-electron chi connectivity index (χ1n) is 5.71. The summed E-state index contributed by atoms with van der Waals surface area (Å²) in [6, 6.07) is 5.89. The van der Waals surface area contributed by atoms with Crippen LogP contribution in [0.4, 0.5) is 4.39 Å². The summed E-state index contributed by atoms with van der Waals surface area (Å²) in [7, 11) is 0. The van der Waals surface area contributed by atoms with Crippen LogP contribution in [-0.4, -0.2) is 6.54 Å². The second kappa shape index (κ2) is 4.31. The minimum Gasteiger partial charge on any atom is -0.310 e. The minimum atomic E-state index is -0.107. The molecular weight excluding hydrogens is 189 g/mol. The molecule has 1 fully saturated rings. The highest BCUT2D eigenvalue weighted by Crippen LogP contribution is 2.41. The molecule has 0 aromatic heterocycles. The maximum atomic E-state index is 13.1. The molecule has 0 radical (unpaired) electrons. The van der Waals surface area contributed by atoms with Crippen LogP contribution in [0.15, 0.2) is 18.2 Å². The van der Waals surface area contributed by atoms with Gasteiger partial charge in [0.2, 0.25) is 0 Å². The summed E-state index contributed by atoms with van der Waals surface area (Å²) < 4.78 is 13.1. The monoisotopic (exact) mass is 207 g/mol. The molecule has 82 valence electrons. The molecule has 2 heteroatoms. The molecule has 0 saturated heterocycles. The van der Waals surface area contributed by atoms with E-state index in [1.165, 1.54) is 18.4 Å². The molecule has 2 rings (SSSR count). The number of hydrogen-bond donors (Lipinski definition) is 1. The molecule has 1 atom stereocenters. The summed E-state index contributed by atoms with van der Waals surface area (Å²) in [6.07, 6.45) is 2.60. The molecule has 0 amide bonds. The summed E-state index contributed by atoms with van der Waals surface area (Å²) in [5, 5.41) is 3.49. The van der Waals surface area contributed by atoms with E-state index in [0.717, 1.165) is 18.0 Å². The second-order valence-electron chi connectivity index (χ2n) is 4.38. The molecule has 1 unspecified atom stereocenters. The maximum Gasteiger partial charge on any atom is 0.126 e. The van der Waals surface area contributed by atoms with E-state index >= 15 is 0 Å². The lowest BCUT2D eigenvalue weighted by Crippen LogP contribution is -2.22. The van der Waals surface area contributed by atoms with Crippen molar-refractivity contribution in [3.63, 3.8) is 0 Å². The third-order valence-corrected chi connectivity index (χ3v) is 3.06. The summed E-state index contributed by atoms with van der Waals surface area (Å²) in [5.41, 5.74) is 1.98. The average Bonchev–Trinajstić information content (AvgIpc) is 3.02. The van der Waals surface area contributed by atoms with E-state index < -0.39 is 0 Å². The van der Waals surface area contributed by atoms with Gasteiger partial charge in [-0.2, -0.15) is 0 Å². The molecule has 1 aliphatic rings. The largest absolute Gasteiger partial charge is 0.310 e. The highest BCUT2D eigenvalue weighted by molar-refractivity contribution is 5.27. The number of rotatable bonds is 4. The molecule has 0 bridgehead atoms. The van der Waals surface area contributed by atoms with Crippen LogP contribution < -0.4 is 5.32 Å². The van der Waals surface area contributed by atoms with Crippen LogP contribution in [0.5, 0.6) is 0 Å². The first-order valence-corrected chi connectivity index (χ1v) is 5.71. The Morgan fingerprint density at radius 3 is 2.73 bits per heavy atom. The van der Waals surface area contributed by atoms with Gasteiger partial charge in [-0.1, -0.05) is 19.1 Å². The van der Waals surface area contributed by atoms with Gasteiger partial charge in [-0.15, -0.1) is 0 Å². The van der Waals surface area contributed by atoms with Crippen LogP contribution in [0.2, 0.25) is 0 Å². The highest BCUT2D eigenvalue weighted by atomic mass is 19.1. The van der Waals surface area contributed by atoms with Gasteiger partial charge in [0.15, 0.2) is 0 Å². The summed E-state index contributed by atoms with van der Waals surface area (Å²) in [4.78, 5) is 0. The molecule has 1 aliphatic carbocycles. The van der Waals surface area contributed by atoms with Crippen molar-refractivity contribution in [2.75, 3.05) is 6.54 Å². The zero-order chi connectivity index (χ0) is 10.8. The van der Waals surface area contributed by atoms with Crippen LogP contribution in [0.1, 0.15) is 36.9 Å². The number of halogens is 1. The van der Waals surface area contributed by atoms with Gasteiger partial charge in [-0.3, -0.25) is 0 Å². The van der Waals surface area contributed by atoms with Crippen molar-refractivity contribution in [1.29, 1.82) is 0 Å². The summed E-state index contributed by atoms with van der Waals surface area (Å²) in [6.45, 7) is 4.91. The fourth-order valence-corrected chi connectivity index (χ4v) is 2.07. The standard InChI is InChI=1S/C13H18FN/c1-3-15-13(10-4-5-10)11-6-7-12(14)9(2)8-11/h6-8,10,13,15H,3-5H2,1-2H3. The van der Waals surface area contributed by atoms with Crippen LogP contribution in [0.3, 0.4) is 0 Å². The van der Waals surface area contributed by atoms with Crippen LogP contribution in [0, 0.1) is 18.7 Å². The SMILES string of the molecule is CCNC(c1ccc(F)c(C)c1)C1CC1. The Labute approximate surface area is 90.7 Å². The lowest BCUT2D eigenvalue weighted by molar-refractivity contribution is 0.494. The van der Waals surface area contributed by atoms with E-state index in [2.05, 4.69) is 12.2 Å². The quantitative estimate of drug-likeness (QED) is 0.799. The molecule has 0 aliphatic heterocycles. The third kappa shape index (κ3) is 2.37. The van der Waals surface area contributed by atoms with Crippen molar-refractivity contribution < 1.29 is 4.39 Å². The van der Waals surface area contributed by atoms with Gasteiger partial charge < -0.3 is 5.32 Å². The van der Waals surface area contributed by atoms with Crippen LogP contribution >= 0.6 is 0 Å². The molecule has 1 N–H and O–H groups in total. The molecule has 15 heavy (non-hydrogen) atoms. The van der Waals surface area contributed by atoms with Crippen molar-refractivity contribution in [3.8, 4) is 0 Å². The van der Waals surface area contributed by atoms with E-state index in [0.29, 0.717) is 6.04 Å². The zero-order valence-electron chi connectivity index (χ0n) is 9.39. The summed E-state index contributed by atoms with van der Waals surface area (Å²) >= 11 is 0. The maximum absolute atomic E-state index is 13.1. The third-order valence-electron chi connectivity index (χ3n) is 3.06. The molecule has 1 saturated carbocycles. The van der Waals surface area contributed by atoms with Gasteiger partial charge in [0.05, 0.1) is 0 Å². The molecule has 1 aromatic carbocycles. The van der Waals surface area contributed by atoms with Crippen molar-refractivity contribution in [2.45, 2.75) is 32.7 Å². The van der Waals surface area contributed by atoms with Gasteiger partial charge in [-0.25, -0.2) is 4.39 Å². The fourth-order valence-electron chi connectivity index (χ4n) is 2.07. The predicted octanol–water partition coefficient (Wildman–Crippen LogP) is 3.19. The molecule has 1 nitrogen and oxygen atoms in total. The number of benzene rings is 1. The first-order chi connectivity index (χ1) is 7.22. The minimum absolute atomic E-state index is 0.107. The van der Waals surface area contributed by atoms with Crippen molar-refractivity contribution in [1.82, 2.24) is 5.32 Å². The Morgan fingerprint density at radius 2 is 2.20 bits per heavy atom. The Balaban J connectivity index is 2.21. The first kappa shape index (κ1) is 10.6. The lowest BCUT2D eigenvalue weighted by atomic mass is 10.0. The average molecular weight is 207 g/mol. The van der Waals surface area contributed by atoms with Crippen LogP contribution in [-0.2, 0) is 0 Å². The summed E-state index contributed by atoms with van der Waals surface area (Å²) in [5.74, 6) is 0.652. The van der Waals surface area contributed by atoms with Crippen LogP contribution in [0.25, 0.3) is 0 Å². The molecular formula is C13H18FN. The second-order valence-corrected chi connectivity index (χ2v) is 4.38. The lowest BCUT2D eigenvalue weighted by Gasteiger charge is -2.18. The number of aryl methyl sites for hydroxylation is 1.